The molecule has 0 aromatic heterocycles. The number of rotatable bonds is 5. The number of hydrogen-bond acceptors (Lipinski definition) is 7. The Balaban J connectivity index is 1.14. The summed E-state index contributed by atoms with van der Waals surface area (Å²) >= 11 is 0. The number of benzene rings is 1. The van der Waals surface area contributed by atoms with E-state index in [0.717, 1.165) is 49.5 Å². The summed E-state index contributed by atoms with van der Waals surface area (Å²) in [6.45, 7) is 18.2. The van der Waals surface area contributed by atoms with Gasteiger partial charge in [-0.15, -0.1) is 0 Å². The first kappa shape index (κ1) is 32.0. The summed E-state index contributed by atoms with van der Waals surface area (Å²) < 4.78 is 12.3. The van der Waals surface area contributed by atoms with Gasteiger partial charge in [-0.05, 0) is 122 Å². The molecule has 11 atom stereocenters. The maximum atomic E-state index is 13.4. The van der Waals surface area contributed by atoms with Gasteiger partial charge in [-0.2, -0.15) is 0 Å². The van der Waals surface area contributed by atoms with E-state index < -0.39 is 27.2 Å². The van der Waals surface area contributed by atoms with Crippen molar-refractivity contribution in [1.82, 2.24) is 0 Å². The number of nitro groups is 2. The Kier molecular flexibility index (Phi) is 6.95. The average molecular weight is 637 g/mol. The topological polar surface area (TPSA) is 125 Å². The number of carbonyl (C=O) groups excluding carboxylic acids is 1. The number of hydrogen-bond donors (Lipinski definition) is 0. The van der Waals surface area contributed by atoms with Crippen LogP contribution in [0, 0.1) is 76.9 Å². The van der Waals surface area contributed by atoms with Crippen molar-refractivity contribution in [2.24, 2.45) is 56.7 Å². The molecule has 9 heteroatoms. The van der Waals surface area contributed by atoms with Crippen LogP contribution in [0.5, 0.6) is 0 Å². The number of esters is 1. The molecule has 1 heterocycles. The minimum absolute atomic E-state index is 0.0809. The van der Waals surface area contributed by atoms with Gasteiger partial charge in [0.05, 0.1) is 33.7 Å². The lowest BCUT2D eigenvalue weighted by molar-refractivity contribution is -0.394. The smallest absolute Gasteiger partial charge is 0.338 e. The van der Waals surface area contributed by atoms with Crippen LogP contribution in [-0.2, 0) is 9.47 Å². The molecule has 0 amide bonds. The molecule has 5 aliphatic carbocycles. The first-order chi connectivity index (χ1) is 21.4. The van der Waals surface area contributed by atoms with E-state index in [1.165, 1.54) is 44.9 Å². The summed E-state index contributed by atoms with van der Waals surface area (Å²) in [5, 5.41) is 22.9. The molecule has 7 rings (SSSR count). The van der Waals surface area contributed by atoms with E-state index in [4.69, 9.17) is 9.47 Å². The van der Waals surface area contributed by atoms with Crippen molar-refractivity contribution < 1.29 is 24.1 Å². The molecule has 9 nitrogen and oxygen atoms in total. The number of nitrogens with zero attached hydrogens (tertiary/aromatic N) is 2. The molecule has 1 aliphatic heterocycles. The fraction of sp³-hybridized carbons (Fsp3) is 0.811. The molecule has 0 bridgehead atoms. The molecule has 5 saturated carbocycles. The first-order valence-corrected chi connectivity index (χ1v) is 17.7. The van der Waals surface area contributed by atoms with Crippen molar-refractivity contribution in [3.8, 4) is 0 Å². The van der Waals surface area contributed by atoms with Crippen LogP contribution in [0.25, 0.3) is 0 Å². The van der Waals surface area contributed by atoms with Crippen molar-refractivity contribution in [3.63, 3.8) is 0 Å². The molecule has 1 aromatic carbocycles. The van der Waals surface area contributed by atoms with Crippen LogP contribution in [0.1, 0.15) is 123 Å². The second kappa shape index (κ2) is 9.99. The van der Waals surface area contributed by atoms with Gasteiger partial charge in [0, 0.05) is 17.5 Å². The molecule has 0 N–H and O–H groups in total. The lowest BCUT2D eigenvalue weighted by Gasteiger charge is -2.73. The van der Waals surface area contributed by atoms with Crippen molar-refractivity contribution in [1.29, 1.82) is 0 Å². The molecule has 1 saturated heterocycles. The maximum absolute atomic E-state index is 13.4. The van der Waals surface area contributed by atoms with Gasteiger partial charge in [0.25, 0.3) is 11.4 Å². The quantitative estimate of drug-likeness (QED) is 0.137. The summed E-state index contributed by atoms with van der Waals surface area (Å²) in [4.78, 5) is 34.9. The van der Waals surface area contributed by atoms with Gasteiger partial charge in [0.2, 0.25) is 0 Å². The number of non-ortho nitro benzene ring substituents is 2. The van der Waals surface area contributed by atoms with E-state index in [0.29, 0.717) is 29.6 Å². The molecule has 1 aromatic rings. The van der Waals surface area contributed by atoms with Crippen LogP contribution in [0.4, 0.5) is 11.4 Å². The van der Waals surface area contributed by atoms with Gasteiger partial charge in [-0.25, -0.2) is 4.79 Å². The second-order valence-corrected chi connectivity index (χ2v) is 18.1. The maximum Gasteiger partial charge on any atom is 0.338 e. The van der Waals surface area contributed by atoms with Crippen molar-refractivity contribution in [3.05, 3.63) is 44.0 Å². The monoisotopic (exact) mass is 636 g/mol. The fourth-order valence-electron chi connectivity index (χ4n) is 13.3. The second-order valence-electron chi connectivity index (χ2n) is 18.1. The molecule has 46 heavy (non-hydrogen) atoms. The zero-order chi connectivity index (χ0) is 33.2. The Labute approximate surface area is 272 Å². The highest BCUT2D eigenvalue weighted by Crippen LogP contribution is 2.78. The van der Waals surface area contributed by atoms with E-state index in [9.17, 15) is 25.0 Å². The van der Waals surface area contributed by atoms with Crippen molar-refractivity contribution in [2.45, 2.75) is 124 Å². The number of fused-ring (bicyclic) bond motifs is 7. The number of nitro benzene ring substituents is 2. The molecule has 6 fully saturated rings. The van der Waals surface area contributed by atoms with Gasteiger partial charge in [-0.3, -0.25) is 20.2 Å². The van der Waals surface area contributed by atoms with Gasteiger partial charge in [0.15, 0.2) is 0 Å². The van der Waals surface area contributed by atoms with Gasteiger partial charge in [0.1, 0.15) is 6.10 Å². The van der Waals surface area contributed by atoms with Crippen LogP contribution in [-0.4, -0.2) is 34.1 Å². The Bertz CT molecular complexity index is 1460. The minimum Gasteiger partial charge on any atom is -0.458 e. The Morgan fingerprint density at radius 2 is 1.41 bits per heavy atom. The third-order valence-electron chi connectivity index (χ3n) is 16.0. The van der Waals surface area contributed by atoms with E-state index in [-0.39, 0.29) is 38.9 Å². The lowest BCUT2D eigenvalue weighted by Crippen LogP contribution is -2.66. The van der Waals surface area contributed by atoms with Gasteiger partial charge in [-0.1, -0.05) is 41.5 Å². The molecule has 6 aliphatic rings. The van der Waals surface area contributed by atoms with Crippen molar-refractivity contribution in [2.75, 3.05) is 6.61 Å². The summed E-state index contributed by atoms with van der Waals surface area (Å²) in [6.07, 6.45) is 11.4. The van der Waals surface area contributed by atoms with Crippen LogP contribution < -0.4 is 0 Å². The molecular formula is C37H52N2O7. The van der Waals surface area contributed by atoms with Gasteiger partial charge >= 0.3 is 5.97 Å². The third-order valence-corrected chi connectivity index (χ3v) is 16.0. The van der Waals surface area contributed by atoms with Gasteiger partial charge < -0.3 is 9.47 Å². The summed E-state index contributed by atoms with van der Waals surface area (Å²) in [6, 6.07) is 3.04. The highest BCUT2D eigenvalue weighted by Gasteiger charge is 2.72. The molecule has 1 unspecified atom stereocenters. The predicted molar refractivity (Wildman–Crippen MR) is 173 cm³/mol. The van der Waals surface area contributed by atoms with Crippen LogP contribution in [0.15, 0.2) is 18.2 Å². The zero-order valence-corrected chi connectivity index (χ0v) is 28.7. The molecule has 0 spiro atoms. The largest absolute Gasteiger partial charge is 0.458 e. The van der Waals surface area contributed by atoms with Crippen LogP contribution in [0.2, 0.25) is 0 Å². The summed E-state index contributed by atoms with van der Waals surface area (Å²) in [5.41, 5.74) is -0.292. The Morgan fingerprint density at radius 3 is 2.02 bits per heavy atom. The van der Waals surface area contributed by atoms with Crippen molar-refractivity contribution >= 4 is 17.3 Å². The van der Waals surface area contributed by atoms with Crippen LogP contribution >= 0.6 is 0 Å². The lowest BCUT2D eigenvalue weighted by atomic mass is 9.32. The zero-order valence-electron chi connectivity index (χ0n) is 28.7. The van der Waals surface area contributed by atoms with E-state index in [1.807, 2.05) is 0 Å². The highest BCUT2D eigenvalue weighted by molar-refractivity contribution is 5.91. The standard InChI is InChI=1S/C37H52N2O7/c1-32(2)27-11-15-36(6)28(9-8-25-30-26(37(7)21-45-37)10-13-33(30,3)16-17-35(25,36)5)34(27,4)14-12-29(32)46-31(40)22-18-23(38(41)42)20-24(19-22)39(43)44/h18-20,25-30H,8-17,21H2,1-7H3/t25-,26-,27+,28-,29+,30+,33-,34+,35-,36-,37?/m1/s1. The third kappa shape index (κ3) is 4.31. The summed E-state index contributed by atoms with van der Waals surface area (Å²) in [7, 11) is 0. The molecule has 0 radical (unpaired) electrons. The molecule has 252 valence electrons. The Morgan fingerprint density at radius 1 is 0.761 bits per heavy atom. The molecular weight excluding hydrogens is 584 g/mol. The average Bonchev–Trinajstić information content (AvgIpc) is 3.63. The SMILES string of the molecule is CC1([C@@H]2CC[C@]3(C)CC[C@]4(C)[C@H](CC[C@@H]5[C@@]6(C)CC[C@H](OC(=O)c7cc([N+](=O)[O-])cc([N+](=O)[O-])c7)C(C)(C)[C@@H]6CC[C@]54C)[C@@H]23)CO1. The number of epoxide rings is 1. The number of carbonyl (C=O) groups is 1. The fourth-order valence-corrected chi connectivity index (χ4v) is 13.3. The Hall–Kier alpha value is -2.55. The van der Waals surface area contributed by atoms with E-state index >= 15 is 0 Å². The van der Waals surface area contributed by atoms with E-state index in [2.05, 4.69) is 48.5 Å². The van der Waals surface area contributed by atoms with Crippen LogP contribution in [0.3, 0.4) is 0 Å². The predicted octanol–water partition coefficient (Wildman–Crippen LogP) is 8.92. The van der Waals surface area contributed by atoms with E-state index in [1.54, 1.807) is 0 Å². The highest BCUT2D eigenvalue weighted by atomic mass is 16.6. The first-order valence-electron chi connectivity index (χ1n) is 17.7. The minimum atomic E-state index is -0.730. The normalized spacial score (nSPS) is 47.0. The summed E-state index contributed by atoms with van der Waals surface area (Å²) in [5.74, 6) is 2.35. The number of ether oxygens (including phenoxy) is 2.